The fourth-order valence-corrected chi connectivity index (χ4v) is 3.82. The van der Waals surface area contributed by atoms with Crippen LogP contribution < -0.4 is 19.5 Å². The highest BCUT2D eigenvalue weighted by molar-refractivity contribution is 5.86. The van der Waals surface area contributed by atoms with E-state index in [1.807, 2.05) is 55.5 Å². The Morgan fingerprint density at radius 3 is 2.34 bits per heavy atom. The molecule has 32 heavy (non-hydrogen) atoms. The number of hydrogen-bond donors (Lipinski definition) is 2. The van der Waals surface area contributed by atoms with Crippen LogP contribution in [0.15, 0.2) is 60.9 Å². The number of nitrogens with one attached hydrogen (secondary N) is 1. The van der Waals surface area contributed by atoms with Crippen molar-refractivity contribution in [3.63, 3.8) is 0 Å². The number of nitrogens with zero attached hydrogens (tertiary/aromatic N) is 2. The molecule has 164 valence electrons. The van der Waals surface area contributed by atoms with E-state index in [4.69, 9.17) is 14.2 Å². The molecule has 0 aliphatic heterocycles. The lowest BCUT2D eigenvalue weighted by atomic mass is 9.94. The molecule has 2 heterocycles. The smallest absolute Gasteiger partial charge is 0.203 e. The number of rotatable bonds is 7. The largest absolute Gasteiger partial charge is 0.505 e. The molecule has 0 radical (unpaired) electrons. The van der Waals surface area contributed by atoms with Crippen LogP contribution in [0.3, 0.4) is 0 Å². The van der Waals surface area contributed by atoms with E-state index in [1.54, 1.807) is 33.7 Å². The van der Waals surface area contributed by atoms with Crippen LogP contribution in [0.25, 0.3) is 10.9 Å². The fourth-order valence-electron chi connectivity index (χ4n) is 3.82. The number of anilines is 1. The number of aryl methyl sites for hydroxylation is 1. The zero-order valence-corrected chi connectivity index (χ0v) is 18.4. The van der Waals surface area contributed by atoms with Crippen molar-refractivity contribution < 1.29 is 19.3 Å². The Labute approximate surface area is 186 Å². The summed E-state index contributed by atoms with van der Waals surface area (Å²) in [6.45, 7) is 2.00. The second kappa shape index (κ2) is 9.01. The van der Waals surface area contributed by atoms with Gasteiger partial charge in [-0.15, -0.1) is 0 Å². The molecule has 2 N–H and O–H groups in total. The molecule has 0 bridgehead atoms. The summed E-state index contributed by atoms with van der Waals surface area (Å²) in [4.78, 5) is 8.82. The third-order valence-electron chi connectivity index (χ3n) is 5.34. The molecule has 7 heteroatoms. The molecule has 0 amide bonds. The number of aromatic nitrogens is 2. The number of methoxy groups -OCH3 is 3. The molecule has 4 aromatic rings. The molecular weight excluding hydrogens is 406 g/mol. The van der Waals surface area contributed by atoms with Crippen molar-refractivity contribution >= 4 is 16.7 Å². The number of hydrogen-bond acceptors (Lipinski definition) is 7. The third kappa shape index (κ3) is 3.85. The first-order valence-corrected chi connectivity index (χ1v) is 10.1. The quantitative estimate of drug-likeness (QED) is 0.432. The average Bonchev–Trinajstić information content (AvgIpc) is 2.82. The highest BCUT2D eigenvalue weighted by Gasteiger charge is 2.27. The molecule has 0 aliphatic rings. The number of aromatic hydroxyl groups is 1. The maximum absolute atomic E-state index is 11.2. The Kier molecular flexibility index (Phi) is 5.98. The molecule has 0 saturated carbocycles. The van der Waals surface area contributed by atoms with Gasteiger partial charge in [-0.3, -0.25) is 4.98 Å². The number of ether oxygens (including phenoxy) is 3. The summed E-state index contributed by atoms with van der Waals surface area (Å²) in [5, 5.41) is 15.5. The Bertz CT molecular complexity index is 1260. The molecule has 0 aliphatic carbocycles. The zero-order chi connectivity index (χ0) is 22.7. The minimum Gasteiger partial charge on any atom is -0.505 e. The number of benzene rings is 2. The van der Waals surface area contributed by atoms with E-state index in [-0.39, 0.29) is 5.75 Å². The maximum Gasteiger partial charge on any atom is 0.203 e. The lowest BCUT2D eigenvalue weighted by Crippen LogP contribution is -2.15. The predicted octanol–water partition coefficient (Wildman–Crippen LogP) is 4.87. The Morgan fingerprint density at radius 1 is 0.844 bits per heavy atom. The second-order valence-corrected chi connectivity index (χ2v) is 7.30. The van der Waals surface area contributed by atoms with E-state index in [9.17, 15) is 5.11 Å². The molecule has 0 spiro atoms. The van der Waals surface area contributed by atoms with E-state index >= 15 is 0 Å². The van der Waals surface area contributed by atoms with E-state index in [1.165, 1.54) is 0 Å². The maximum atomic E-state index is 11.2. The molecule has 4 rings (SSSR count). The van der Waals surface area contributed by atoms with Crippen molar-refractivity contribution in [3.05, 3.63) is 77.6 Å². The molecular formula is C25H25N3O4. The van der Waals surface area contributed by atoms with E-state index in [0.717, 1.165) is 16.5 Å². The van der Waals surface area contributed by atoms with Gasteiger partial charge < -0.3 is 24.6 Å². The van der Waals surface area contributed by atoms with E-state index in [0.29, 0.717) is 34.1 Å². The highest BCUT2D eigenvalue weighted by Crippen LogP contribution is 2.46. The fraction of sp³-hybridized carbons (Fsp3) is 0.200. The van der Waals surface area contributed by atoms with Crippen molar-refractivity contribution in [1.29, 1.82) is 0 Å². The normalized spacial score (nSPS) is 11.8. The first-order chi connectivity index (χ1) is 15.6. The summed E-state index contributed by atoms with van der Waals surface area (Å²) in [6.07, 6.45) is 3.40. The molecule has 2 aromatic carbocycles. The van der Waals surface area contributed by atoms with Gasteiger partial charge in [0, 0.05) is 28.9 Å². The van der Waals surface area contributed by atoms with Gasteiger partial charge in [0.15, 0.2) is 11.5 Å². The standard InChI is InChI=1S/C25H25N3O4/c1-15-11-13-26-20(14-15)28-22(17-8-7-16-6-5-12-27-21(16)23(17)29)18-9-10-19(30-2)25(32-4)24(18)31-3/h5-14,22,29H,1-4H3,(H,26,28)/t22-/m1/s1. The monoisotopic (exact) mass is 431 g/mol. The molecule has 0 saturated heterocycles. The van der Waals surface area contributed by atoms with Crippen LogP contribution in [-0.4, -0.2) is 36.4 Å². The minimum absolute atomic E-state index is 0.0880. The van der Waals surface area contributed by atoms with Crippen molar-refractivity contribution in [2.45, 2.75) is 13.0 Å². The van der Waals surface area contributed by atoms with Crippen molar-refractivity contribution in [1.82, 2.24) is 9.97 Å². The highest BCUT2D eigenvalue weighted by atomic mass is 16.5. The van der Waals surface area contributed by atoms with Crippen LogP contribution in [0.5, 0.6) is 23.0 Å². The van der Waals surface area contributed by atoms with Gasteiger partial charge in [-0.2, -0.15) is 0 Å². The predicted molar refractivity (Wildman–Crippen MR) is 124 cm³/mol. The Morgan fingerprint density at radius 2 is 1.62 bits per heavy atom. The SMILES string of the molecule is COc1ccc([C@H](Nc2cc(C)ccn2)c2ccc3cccnc3c2O)c(OC)c1OC. The van der Waals surface area contributed by atoms with Gasteiger partial charge in [0.1, 0.15) is 17.1 Å². The van der Waals surface area contributed by atoms with Crippen LogP contribution in [-0.2, 0) is 0 Å². The third-order valence-corrected chi connectivity index (χ3v) is 5.34. The van der Waals surface area contributed by atoms with Crippen LogP contribution >= 0.6 is 0 Å². The minimum atomic E-state index is -0.509. The lowest BCUT2D eigenvalue weighted by Gasteiger charge is -2.25. The summed E-state index contributed by atoms with van der Waals surface area (Å²) in [5.74, 6) is 2.26. The Hall–Kier alpha value is -4.00. The van der Waals surface area contributed by atoms with Gasteiger partial charge >= 0.3 is 0 Å². The van der Waals surface area contributed by atoms with Gasteiger partial charge in [-0.1, -0.05) is 18.2 Å². The lowest BCUT2D eigenvalue weighted by molar-refractivity contribution is 0.321. The number of phenols is 1. The molecule has 2 aromatic heterocycles. The molecule has 1 atom stereocenters. The van der Waals surface area contributed by atoms with Crippen molar-refractivity contribution in [2.24, 2.45) is 0 Å². The van der Waals surface area contributed by atoms with Gasteiger partial charge in [0.2, 0.25) is 5.75 Å². The van der Waals surface area contributed by atoms with Crippen LogP contribution in [0, 0.1) is 6.92 Å². The number of fused-ring (bicyclic) bond motifs is 1. The molecule has 7 nitrogen and oxygen atoms in total. The summed E-state index contributed by atoms with van der Waals surface area (Å²) >= 11 is 0. The van der Waals surface area contributed by atoms with Crippen molar-refractivity contribution in [3.8, 4) is 23.0 Å². The topological polar surface area (TPSA) is 85.7 Å². The van der Waals surface area contributed by atoms with E-state index in [2.05, 4.69) is 15.3 Å². The first-order valence-electron chi connectivity index (χ1n) is 10.1. The average molecular weight is 431 g/mol. The summed E-state index contributed by atoms with van der Waals surface area (Å²) in [5.41, 5.74) is 2.96. The zero-order valence-electron chi connectivity index (χ0n) is 18.4. The number of phenolic OH excluding ortho intramolecular Hbond substituents is 1. The van der Waals surface area contributed by atoms with Crippen LogP contribution in [0.2, 0.25) is 0 Å². The Balaban J connectivity index is 1.94. The summed E-state index contributed by atoms with van der Waals surface area (Å²) in [7, 11) is 4.71. The van der Waals surface area contributed by atoms with Crippen molar-refractivity contribution in [2.75, 3.05) is 26.6 Å². The second-order valence-electron chi connectivity index (χ2n) is 7.30. The number of pyridine rings is 2. The van der Waals surface area contributed by atoms with Gasteiger partial charge in [0.05, 0.1) is 27.4 Å². The van der Waals surface area contributed by atoms with Gasteiger partial charge in [-0.25, -0.2) is 4.98 Å². The summed E-state index contributed by atoms with van der Waals surface area (Å²) in [6, 6.07) is 14.6. The van der Waals surface area contributed by atoms with Gasteiger partial charge in [-0.05, 0) is 42.8 Å². The molecule has 0 unspecified atom stereocenters. The van der Waals surface area contributed by atoms with Gasteiger partial charge in [0.25, 0.3) is 0 Å². The van der Waals surface area contributed by atoms with Crippen LogP contribution in [0.4, 0.5) is 5.82 Å². The summed E-state index contributed by atoms with van der Waals surface area (Å²) < 4.78 is 16.8. The first kappa shape index (κ1) is 21.2. The molecule has 0 fully saturated rings. The van der Waals surface area contributed by atoms with Crippen LogP contribution in [0.1, 0.15) is 22.7 Å². The van der Waals surface area contributed by atoms with E-state index < -0.39 is 6.04 Å².